The van der Waals surface area contributed by atoms with Gasteiger partial charge in [0.05, 0.1) is 0 Å². The molecule has 2 nitrogen and oxygen atoms in total. The largest absolute Gasteiger partial charge is 0.310 e. The molecule has 1 aliphatic rings. The number of anilines is 6. The highest BCUT2D eigenvalue weighted by molar-refractivity contribution is 6.12. The summed E-state index contributed by atoms with van der Waals surface area (Å²) in [6.45, 7) is 18.2. The fourth-order valence-corrected chi connectivity index (χ4v) is 8.73. The molecule has 0 N–H and O–H groups in total. The summed E-state index contributed by atoms with van der Waals surface area (Å²) in [6, 6.07) is 58.8. The second-order valence-corrected chi connectivity index (χ2v) is 17.6. The Hall–Kier alpha value is -6.12. The van der Waals surface area contributed by atoms with Crippen LogP contribution in [-0.4, -0.2) is 0 Å². The van der Waals surface area contributed by atoms with Crippen molar-refractivity contribution in [3.05, 3.63) is 180 Å². The molecule has 0 saturated heterocycles. The average Bonchev–Trinajstić information content (AvgIpc) is 3.18. The first-order chi connectivity index (χ1) is 26.9. The van der Waals surface area contributed by atoms with Crippen molar-refractivity contribution in [1.82, 2.24) is 0 Å². The zero-order valence-electron chi connectivity index (χ0n) is 33.9. The fraction of sp³-hybridized carbons (Fsp3) is 0.185. The molecule has 2 heteroatoms. The van der Waals surface area contributed by atoms with Crippen molar-refractivity contribution in [2.24, 2.45) is 0 Å². The fourth-order valence-electron chi connectivity index (χ4n) is 8.73. The Balaban J connectivity index is 1.14. The second-order valence-electron chi connectivity index (χ2n) is 17.6. The standard InChI is InChI=1S/C54H50N2/c1-35-17-9-13-21-49(35)55(51-23-15-11-19-47(51)53(3,4)5)41-27-25-37-31-43-45(33-39(37)29-41)44-32-38-26-28-42(30-40(38)34-46(43)44)56(50-22-14-10-18-36(50)2)52-24-16-12-20-48(52)54(6,7)8/h9-34H,1-8H3. The van der Waals surface area contributed by atoms with Crippen molar-refractivity contribution in [1.29, 1.82) is 0 Å². The van der Waals surface area contributed by atoms with Gasteiger partial charge >= 0.3 is 0 Å². The van der Waals surface area contributed by atoms with Crippen LogP contribution in [0.15, 0.2) is 158 Å². The van der Waals surface area contributed by atoms with Gasteiger partial charge in [-0.3, -0.25) is 0 Å². The molecule has 1 aliphatic carbocycles. The van der Waals surface area contributed by atoms with E-state index in [2.05, 4.69) is 223 Å². The van der Waals surface area contributed by atoms with Crippen LogP contribution in [0.25, 0.3) is 43.8 Å². The summed E-state index contributed by atoms with van der Waals surface area (Å²) in [7, 11) is 0. The maximum absolute atomic E-state index is 2.45. The van der Waals surface area contributed by atoms with Crippen LogP contribution in [-0.2, 0) is 10.8 Å². The van der Waals surface area contributed by atoms with Crippen LogP contribution in [0.2, 0.25) is 0 Å². The van der Waals surface area contributed by atoms with Gasteiger partial charge in [-0.25, -0.2) is 0 Å². The quantitative estimate of drug-likeness (QED) is 0.168. The highest BCUT2D eigenvalue weighted by atomic mass is 15.2. The zero-order chi connectivity index (χ0) is 38.9. The molecular weight excluding hydrogens is 677 g/mol. The summed E-state index contributed by atoms with van der Waals surface area (Å²) < 4.78 is 0. The molecule has 276 valence electrons. The minimum Gasteiger partial charge on any atom is -0.310 e. The Kier molecular flexibility index (Phi) is 8.43. The number of fused-ring (bicyclic) bond motifs is 6. The molecule has 0 atom stereocenters. The van der Waals surface area contributed by atoms with Crippen molar-refractivity contribution in [3.63, 3.8) is 0 Å². The zero-order valence-corrected chi connectivity index (χ0v) is 33.9. The van der Waals surface area contributed by atoms with Crippen molar-refractivity contribution >= 4 is 55.7 Å². The summed E-state index contributed by atoms with van der Waals surface area (Å²) in [5.74, 6) is 0. The van der Waals surface area contributed by atoms with E-state index in [1.165, 1.54) is 100 Å². The van der Waals surface area contributed by atoms with Crippen LogP contribution in [0.3, 0.4) is 0 Å². The van der Waals surface area contributed by atoms with Gasteiger partial charge in [0.15, 0.2) is 0 Å². The number of hydrogen-bond acceptors (Lipinski definition) is 2. The molecular formula is C54H50N2. The van der Waals surface area contributed by atoms with E-state index >= 15 is 0 Å². The van der Waals surface area contributed by atoms with Gasteiger partial charge in [0.1, 0.15) is 0 Å². The minimum absolute atomic E-state index is 0.0137. The minimum atomic E-state index is -0.0137. The molecule has 0 aromatic heterocycles. The van der Waals surface area contributed by atoms with Crippen molar-refractivity contribution in [2.45, 2.75) is 66.2 Å². The third-order valence-corrected chi connectivity index (χ3v) is 11.6. The Morgan fingerprint density at radius 3 is 1.00 bits per heavy atom. The summed E-state index contributed by atoms with van der Waals surface area (Å²) in [5.41, 5.74) is 17.6. The summed E-state index contributed by atoms with van der Waals surface area (Å²) in [6.07, 6.45) is 0. The second kappa shape index (κ2) is 13.3. The number of hydrogen-bond donors (Lipinski definition) is 0. The lowest BCUT2D eigenvalue weighted by Gasteiger charge is -2.33. The lowest BCUT2D eigenvalue weighted by Crippen LogP contribution is -2.19. The molecule has 56 heavy (non-hydrogen) atoms. The molecule has 0 aliphatic heterocycles. The van der Waals surface area contributed by atoms with Gasteiger partial charge < -0.3 is 9.80 Å². The van der Waals surface area contributed by atoms with Gasteiger partial charge in [0.2, 0.25) is 0 Å². The third-order valence-electron chi connectivity index (χ3n) is 11.6. The normalized spacial score (nSPS) is 12.3. The Morgan fingerprint density at radius 2 is 0.643 bits per heavy atom. The number of aryl methyl sites for hydroxylation is 2. The molecule has 0 saturated carbocycles. The van der Waals surface area contributed by atoms with E-state index in [9.17, 15) is 0 Å². The van der Waals surface area contributed by atoms with E-state index in [0.29, 0.717) is 0 Å². The summed E-state index contributed by atoms with van der Waals surface area (Å²) in [5, 5.41) is 5.01. The van der Waals surface area contributed by atoms with Crippen molar-refractivity contribution in [3.8, 4) is 22.3 Å². The van der Waals surface area contributed by atoms with Crippen LogP contribution < -0.4 is 9.80 Å². The van der Waals surface area contributed by atoms with Crippen LogP contribution >= 0.6 is 0 Å². The molecule has 0 heterocycles. The predicted molar refractivity (Wildman–Crippen MR) is 242 cm³/mol. The van der Waals surface area contributed by atoms with E-state index in [1.54, 1.807) is 0 Å². The molecule has 0 amide bonds. The number of rotatable bonds is 6. The number of benzene rings is 8. The Labute approximate surface area is 332 Å². The molecule has 0 bridgehead atoms. The lowest BCUT2D eigenvalue weighted by atomic mass is 9.78. The van der Waals surface area contributed by atoms with E-state index in [4.69, 9.17) is 0 Å². The van der Waals surface area contributed by atoms with Gasteiger partial charge in [-0.2, -0.15) is 0 Å². The number of para-hydroxylation sites is 4. The maximum atomic E-state index is 2.45. The summed E-state index contributed by atoms with van der Waals surface area (Å²) >= 11 is 0. The highest BCUT2D eigenvalue weighted by Crippen LogP contribution is 2.52. The molecule has 0 spiro atoms. The van der Waals surface area contributed by atoms with Gasteiger partial charge in [-0.15, -0.1) is 0 Å². The summed E-state index contributed by atoms with van der Waals surface area (Å²) in [4.78, 5) is 4.90. The van der Waals surface area contributed by atoms with Gasteiger partial charge in [0, 0.05) is 34.1 Å². The third kappa shape index (κ3) is 6.05. The Morgan fingerprint density at radius 1 is 0.321 bits per heavy atom. The van der Waals surface area contributed by atoms with Crippen LogP contribution in [0.1, 0.15) is 63.8 Å². The van der Waals surface area contributed by atoms with E-state index in [0.717, 1.165) is 0 Å². The van der Waals surface area contributed by atoms with Gasteiger partial charge in [-0.05, 0) is 164 Å². The smallest absolute Gasteiger partial charge is 0.0499 e. The first-order valence-corrected chi connectivity index (χ1v) is 19.9. The van der Waals surface area contributed by atoms with Gasteiger partial charge in [0.25, 0.3) is 0 Å². The topological polar surface area (TPSA) is 6.48 Å². The van der Waals surface area contributed by atoms with E-state index in [-0.39, 0.29) is 10.8 Å². The first kappa shape index (κ1) is 35.6. The molecule has 9 rings (SSSR count). The molecule has 8 aromatic rings. The molecule has 0 unspecified atom stereocenters. The molecule has 0 fully saturated rings. The SMILES string of the molecule is Cc1ccccc1N(c1ccc2cc3c(cc2c1)-c1cc2ccc(N(c4ccccc4C)c4ccccc4C(C)(C)C)cc2cc1-3)c1ccccc1C(C)(C)C. The van der Waals surface area contributed by atoms with Crippen molar-refractivity contribution < 1.29 is 0 Å². The van der Waals surface area contributed by atoms with Crippen LogP contribution in [0, 0.1) is 13.8 Å². The highest BCUT2D eigenvalue weighted by Gasteiger charge is 2.28. The first-order valence-electron chi connectivity index (χ1n) is 19.9. The molecule has 8 aromatic carbocycles. The monoisotopic (exact) mass is 726 g/mol. The van der Waals surface area contributed by atoms with E-state index in [1.807, 2.05) is 0 Å². The Bertz CT molecular complexity index is 2600. The lowest BCUT2D eigenvalue weighted by molar-refractivity contribution is 0.590. The maximum Gasteiger partial charge on any atom is 0.0499 e. The van der Waals surface area contributed by atoms with Crippen molar-refractivity contribution in [2.75, 3.05) is 9.80 Å². The van der Waals surface area contributed by atoms with Crippen LogP contribution in [0.4, 0.5) is 34.1 Å². The molecule has 0 radical (unpaired) electrons. The average molecular weight is 727 g/mol. The van der Waals surface area contributed by atoms with Gasteiger partial charge in [-0.1, -0.05) is 126 Å². The van der Waals surface area contributed by atoms with Crippen LogP contribution in [0.5, 0.6) is 0 Å². The predicted octanol–water partition coefficient (Wildman–Crippen LogP) is 15.8. The number of nitrogens with zero attached hydrogens (tertiary/aromatic N) is 2. The van der Waals surface area contributed by atoms with E-state index < -0.39 is 0 Å².